The van der Waals surface area contributed by atoms with E-state index in [1.807, 2.05) is 42.6 Å². The van der Waals surface area contributed by atoms with Gasteiger partial charge in [-0.15, -0.1) is 5.10 Å². The molecule has 2 aromatic heterocycles. The topological polar surface area (TPSA) is 132 Å². The number of nitrogens with zero attached hydrogens (tertiary/aromatic N) is 4. The molecular formula is C30H31N5O5. The van der Waals surface area contributed by atoms with Gasteiger partial charge < -0.3 is 20.3 Å². The van der Waals surface area contributed by atoms with Gasteiger partial charge in [0.15, 0.2) is 11.4 Å². The van der Waals surface area contributed by atoms with Crippen LogP contribution in [-0.4, -0.2) is 49.4 Å². The highest BCUT2D eigenvalue weighted by Crippen LogP contribution is 2.42. The van der Waals surface area contributed by atoms with Crippen molar-refractivity contribution in [1.29, 1.82) is 0 Å². The average molecular weight is 542 g/mol. The molecule has 0 spiro atoms. The number of aryl methyl sites for hydroxylation is 1. The van der Waals surface area contributed by atoms with Crippen molar-refractivity contribution in [2.45, 2.75) is 31.4 Å². The molecule has 0 saturated carbocycles. The van der Waals surface area contributed by atoms with E-state index in [1.54, 1.807) is 54.2 Å². The van der Waals surface area contributed by atoms with E-state index in [2.05, 4.69) is 15.6 Å². The number of nitrogens with one attached hydrogen (secondary N) is 1. The number of methoxy groups -OCH3 is 1. The van der Waals surface area contributed by atoms with Crippen LogP contribution in [0.4, 0.5) is 5.69 Å². The maximum absolute atomic E-state index is 12.9. The van der Waals surface area contributed by atoms with Crippen molar-refractivity contribution in [2.24, 2.45) is 5.92 Å². The van der Waals surface area contributed by atoms with Crippen LogP contribution in [0.15, 0.2) is 90.0 Å². The lowest BCUT2D eigenvalue weighted by atomic mass is 9.82. The number of ether oxygens (including phenoxy) is 1. The number of rotatable bonds is 10. The van der Waals surface area contributed by atoms with Crippen LogP contribution in [0, 0.1) is 5.92 Å². The third-order valence-electron chi connectivity index (χ3n) is 7.33. The fourth-order valence-electron chi connectivity index (χ4n) is 5.02. The Morgan fingerprint density at radius 2 is 1.93 bits per heavy atom. The summed E-state index contributed by atoms with van der Waals surface area (Å²) in [6.45, 7) is 2.23. The molecule has 0 bridgehead atoms. The Labute approximate surface area is 231 Å². The quantitative estimate of drug-likeness (QED) is 0.263. The smallest absolute Gasteiger partial charge is 0.297 e. The van der Waals surface area contributed by atoms with Crippen molar-refractivity contribution < 1.29 is 19.7 Å². The minimum Gasteiger partial charge on any atom is -0.491 e. The Hall–Kier alpha value is -4.54. The first-order valence-electron chi connectivity index (χ1n) is 13.0. The summed E-state index contributed by atoms with van der Waals surface area (Å²) in [4.78, 5) is 25.7. The molecule has 2 aromatic carbocycles. The second-order valence-corrected chi connectivity index (χ2v) is 9.76. The molecule has 0 radical (unpaired) electrons. The Balaban J connectivity index is 1.30. The van der Waals surface area contributed by atoms with Crippen molar-refractivity contribution in [2.75, 3.05) is 19.0 Å². The Bertz CT molecular complexity index is 1600. The van der Waals surface area contributed by atoms with E-state index in [0.29, 0.717) is 35.6 Å². The summed E-state index contributed by atoms with van der Waals surface area (Å²) in [6.07, 6.45) is 7.72. The third kappa shape index (κ3) is 4.94. The highest BCUT2D eigenvalue weighted by Gasteiger charge is 2.48. The second-order valence-electron chi connectivity index (χ2n) is 9.76. The molecule has 3 N–H and O–H groups in total. The summed E-state index contributed by atoms with van der Waals surface area (Å²) in [6, 6.07) is 18.0. The SMILES string of the molecule is COc1cccn(-c2ccc3c(c2)[C@](O)([C@@H](C)/C=C/CCn2cc(C(CO)c4ccccc4)nn2)C(=O)N3)c1=O. The second kappa shape index (κ2) is 11.3. The summed E-state index contributed by atoms with van der Waals surface area (Å²) in [7, 11) is 1.43. The standard InChI is InChI=1S/C30H31N5O5/c1-20(9-6-7-15-34-18-26(32-33-34)23(19-36)21-10-4-3-5-11-21)30(39)24-17-22(13-14-25(24)31-29(30)38)35-16-8-12-27(40-2)28(35)37/h3-6,8-14,16-18,20,23,36,39H,7,15,19H2,1-2H3,(H,31,38)/b9-6+/t20-,23?,30+/m0/s1. The highest BCUT2D eigenvalue weighted by atomic mass is 16.5. The van der Waals surface area contributed by atoms with Crippen molar-refractivity contribution in [3.8, 4) is 11.4 Å². The number of carbonyl (C=O) groups excluding carboxylic acids is 1. The maximum atomic E-state index is 12.9. The molecule has 40 heavy (non-hydrogen) atoms. The van der Waals surface area contributed by atoms with Crippen molar-refractivity contribution in [1.82, 2.24) is 19.6 Å². The number of benzene rings is 2. The van der Waals surface area contributed by atoms with E-state index in [0.717, 1.165) is 5.56 Å². The predicted molar refractivity (Wildman–Crippen MR) is 149 cm³/mol. The number of aromatic nitrogens is 4. The minimum atomic E-state index is -1.81. The number of fused-ring (bicyclic) bond motifs is 1. The number of aliphatic hydroxyl groups is 2. The first kappa shape index (κ1) is 27.0. The van der Waals surface area contributed by atoms with Crippen LogP contribution in [0.2, 0.25) is 0 Å². The summed E-state index contributed by atoms with van der Waals surface area (Å²) in [5.74, 6) is -1.14. The van der Waals surface area contributed by atoms with Crippen LogP contribution in [0.3, 0.4) is 0 Å². The van der Waals surface area contributed by atoms with Crippen LogP contribution in [0.25, 0.3) is 5.69 Å². The van der Waals surface area contributed by atoms with Gasteiger partial charge in [-0.25, -0.2) is 0 Å². The molecule has 1 aliphatic rings. The third-order valence-corrected chi connectivity index (χ3v) is 7.33. The summed E-state index contributed by atoms with van der Waals surface area (Å²) in [5.41, 5.74) is 0.906. The predicted octanol–water partition coefficient (Wildman–Crippen LogP) is 2.98. The Kier molecular flexibility index (Phi) is 7.63. The average Bonchev–Trinajstić information content (AvgIpc) is 3.54. The van der Waals surface area contributed by atoms with Gasteiger partial charge in [-0.2, -0.15) is 0 Å². The van der Waals surface area contributed by atoms with Gasteiger partial charge in [0.2, 0.25) is 0 Å². The first-order valence-corrected chi connectivity index (χ1v) is 13.0. The van der Waals surface area contributed by atoms with Crippen LogP contribution in [0.5, 0.6) is 5.75 Å². The fraction of sp³-hybridized carbons (Fsp3) is 0.267. The van der Waals surface area contributed by atoms with Crippen LogP contribution in [0.1, 0.15) is 36.1 Å². The van der Waals surface area contributed by atoms with Crippen LogP contribution in [-0.2, 0) is 16.9 Å². The summed E-state index contributed by atoms with van der Waals surface area (Å²) < 4.78 is 8.26. The van der Waals surface area contributed by atoms with E-state index in [4.69, 9.17) is 4.74 Å². The molecule has 206 valence electrons. The summed E-state index contributed by atoms with van der Waals surface area (Å²) in [5, 5.41) is 32.7. The van der Waals surface area contributed by atoms with Crippen molar-refractivity contribution in [3.63, 3.8) is 0 Å². The minimum absolute atomic E-state index is 0.0730. The van der Waals surface area contributed by atoms with E-state index >= 15 is 0 Å². The molecule has 0 saturated heterocycles. The molecule has 3 atom stereocenters. The molecule has 1 unspecified atom stereocenters. The van der Waals surface area contributed by atoms with Crippen LogP contribution >= 0.6 is 0 Å². The normalized spacial score (nSPS) is 17.9. The molecular weight excluding hydrogens is 510 g/mol. The number of hydrogen-bond acceptors (Lipinski definition) is 7. The van der Waals surface area contributed by atoms with Gasteiger partial charge in [0.25, 0.3) is 11.5 Å². The molecule has 4 aromatic rings. The number of anilines is 1. The number of amides is 1. The fourth-order valence-corrected chi connectivity index (χ4v) is 5.02. The number of pyridine rings is 1. The zero-order chi connectivity index (χ0) is 28.3. The number of aliphatic hydroxyl groups excluding tert-OH is 1. The molecule has 10 nitrogen and oxygen atoms in total. The van der Waals surface area contributed by atoms with Gasteiger partial charge in [-0.3, -0.25) is 18.8 Å². The largest absolute Gasteiger partial charge is 0.491 e. The molecule has 1 aliphatic heterocycles. The van der Waals surface area contributed by atoms with E-state index in [9.17, 15) is 19.8 Å². The van der Waals surface area contributed by atoms with E-state index in [-0.39, 0.29) is 23.8 Å². The van der Waals surface area contributed by atoms with Gasteiger partial charge in [0.1, 0.15) is 0 Å². The zero-order valence-electron chi connectivity index (χ0n) is 22.3. The monoisotopic (exact) mass is 541 g/mol. The number of hydrogen-bond donors (Lipinski definition) is 3. The molecule has 1 amide bonds. The molecule has 0 fully saturated rings. The summed E-state index contributed by atoms with van der Waals surface area (Å²) >= 11 is 0. The molecule has 0 aliphatic carbocycles. The lowest BCUT2D eigenvalue weighted by molar-refractivity contribution is -0.137. The molecule has 3 heterocycles. The highest BCUT2D eigenvalue weighted by molar-refractivity contribution is 6.05. The Morgan fingerprint density at radius 3 is 2.67 bits per heavy atom. The van der Waals surface area contributed by atoms with Gasteiger partial charge >= 0.3 is 0 Å². The Morgan fingerprint density at radius 1 is 1.12 bits per heavy atom. The molecule has 10 heteroatoms. The van der Waals surface area contributed by atoms with Gasteiger partial charge in [-0.05, 0) is 42.3 Å². The van der Waals surface area contributed by atoms with Crippen molar-refractivity contribution in [3.05, 3.63) is 112 Å². The van der Waals surface area contributed by atoms with E-state index in [1.165, 1.54) is 11.7 Å². The first-order chi connectivity index (χ1) is 19.4. The van der Waals surface area contributed by atoms with Gasteiger partial charge in [-0.1, -0.05) is 54.6 Å². The van der Waals surface area contributed by atoms with Gasteiger partial charge in [0.05, 0.1) is 25.3 Å². The zero-order valence-corrected chi connectivity index (χ0v) is 22.3. The maximum Gasteiger partial charge on any atom is 0.297 e. The van der Waals surface area contributed by atoms with Crippen LogP contribution < -0.4 is 15.6 Å². The lowest BCUT2D eigenvalue weighted by Gasteiger charge is -2.26. The number of carbonyl (C=O) groups is 1. The number of allylic oxidation sites excluding steroid dienone is 1. The van der Waals surface area contributed by atoms with Gasteiger partial charge in [0, 0.05) is 41.8 Å². The van der Waals surface area contributed by atoms with Crippen molar-refractivity contribution >= 4 is 11.6 Å². The van der Waals surface area contributed by atoms with E-state index < -0.39 is 17.4 Å². The lowest BCUT2D eigenvalue weighted by Crippen LogP contribution is -2.39. The molecule has 5 rings (SSSR count).